The molecule has 0 aliphatic rings. The Morgan fingerprint density at radius 3 is 2.71 bits per heavy atom. The molecule has 0 heterocycles. The Kier molecular flexibility index (Phi) is 5.82. The van der Waals surface area contributed by atoms with E-state index in [1.165, 1.54) is 6.08 Å². The number of rotatable bonds is 7. The quantitative estimate of drug-likeness (QED) is 0.449. The van der Waals surface area contributed by atoms with Gasteiger partial charge in [0.1, 0.15) is 6.10 Å². The number of benzene rings is 1. The summed E-state index contributed by atoms with van der Waals surface area (Å²) in [5, 5.41) is 8.44. The summed E-state index contributed by atoms with van der Waals surface area (Å²) in [4.78, 5) is 10.3. The molecular formula is C13H16O4. The predicted molar refractivity (Wildman–Crippen MR) is 63.8 cm³/mol. The fourth-order valence-electron chi connectivity index (χ4n) is 1.32. The highest BCUT2D eigenvalue weighted by molar-refractivity contribution is 5.57. The fraction of sp³-hybridized carbons (Fsp3) is 0.308. The third-order valence-electron chi connectivity index (χ3n) is 2.17. The molecule has 0 unspecified atom stereocenters. The van der Waals surface area contributed by atoms with Crippen LogP contribution < -0.4 is 0 Å². The maximum Gasteiger partial charge on any atom is 0.506 e. The molecule has 1 aromatic carbocycles. The maximum absolute atomic E-state index is 10.3. The van der Waals surface area contributed by atoms with Gasteiger partial charge in [0.15, 0.2) is 0 Å². The minimum absolute atomic E-state index is 0.429. The summed E-state index contributed by atoms with van der Waals surface area (Å²) >= 11 is 0. The number of hydrogen-bond acceptors (Lipinski definition) is 3. The monoisotopic (exact) mass is 236 g/mol. The van der Waals surface area contributed by atoms with Crippen LogP contribution in [0.1, 0.15) is 12.0 Å². The number of carboxylic acid groups (broad SMARTS) is 1. The second kappa shape index (κ2) is 7.46. The molecule has 0 amide bonds. The molecule has 4 nitrogen and oxygen atoms in total. The van der Waals surface area contributed by atoms with E-state index in [1.807, 2.05) is 30.3 Å². The van der Waals surface area contributed by atoms with Crippen molar-refractivity contribution in [2.75, 3.05) is 6.61 Å². The highest BCUT2D eigenvalue weighted by atomic mass is 16.7. The molecule has 0 spiro atoms. The Hall–Kier alpha value is -1.81. The summed E-state index contributed by atoms with van der Waals surface area (Å²) in [6, 6.07) is 9.77. The second-order valence-electron chi connectivity index (χ2n) is 3.48. The van der Waals surface area contributed by atoms with Gasteiger partial charge in [0, 0.05) is 6.42 Å². The van der Waals surface area contributed by atoms with Gasteiger partial charge in [-0.15, -0.1) is 0 Å². The zero-order chi connectivity index (χ0) is 12.5. The van der Waals surface area contributed by atoms with Crippen molar-refractivity contribution in [3.8, 4) is 0 Å². The zero-order valence-electron chi connectivity index (χ0n) is 9.54. The molecule has 0 aromatic heterocycles. The van der Waals surface area contributed by atoms with E-state index in [0.29, 0.717) is 19.6 Å². The molecular weight excluding hydrogens is 220 g/mol. The predicted octanol–water partition coefficient (Wildman–Crippen LogP) is 2.84. The van der Waals surface area contributed by atoms with Gasteiger partial charge in [-0.3, -0.25) is 0 Å². The number of carbonyl (C=O) groups is 1. The highest BCUT2D eigenvalue weighted by Gasteiger charge is 2.08. The van der Waals surface area contributed by atoms with Gasteiger partial charge in [-0.25, -0.2) is 4.79 Å². The van der Waals surface area contributed by atoms with Gasteiger partial charge in [-0.05, 0) is 5.56 Å². The molecule has 0 fully saturated rings. The van der Waals surface area contributed by atoms with Crippen LogP contribution in [-0.4, -0.2) is 24.0 Å². The van der Waals surface area contributed by atoms with E-state index in [0.717, 1.165) is 5.56 Å². The van der Waals surface area contributed by atoms with Crippen molar-refractivity contribution in [3.05, 3.63) is 48.6 Å². The van der Waals surface area contributed by atoms with Gasteiger partial charge in [-0.2, -0.15) is 0 Å². The molecule has 0 radical (unpaired) electrons. The Morgan fingerprint density at radius 2 is 2.12 bits per heavy atom. The lowest BCUT2D eigenvalue weighted by Crippen LogP contribution is -2.16. The van der Waals surface area contributed by atoms with Gasteiger partial charge in [0.25, 0.3) is 0 Å². The van der Waals surface area contributed by atoms with Gasteiger partial charge in [-0.1, -0.05) is 43.0 Å². The second-order valence-corrected chi connectivity index (χ2v) is 3.48. The molecule has 1 rings (SSSR count). The van der Waals surface area contributed by atoms with Crippen molar-refractivity contribution in [1.29, 1.82) is 0 Å². The van der Waals surface area contributed by atoms with Crippen molar-refractivity contribution in [2.24, 2.45) is 0 Å². The van der Waals surface area contributed by atoms with Crippen molar-refractivity contribution in [1.82, 2.24) is 0 Å². The molecule has 92 valence electrons. The van der Waals surface area contributed by atoms with Crippen LogP contribution in [0.5, 0.6) is 0 Å². The standard InChI is InChI=1S/C13H16O4/c1-2-12(17-13(14)15)8-9-16-10-11-6-4-3-5-7-11/h2-7,12H,1,8-10H2,(H,14,15)/t12-/m1/s1. The Bertz CT molecular complexity index is 348. The van der Waals surface area contributed by atoms with Gasteiger partial charge < -0.3 is 14.6 Å². The van der Waals surface area contributed by atoms with E-state index in [2.05, 4.69) is 11.3 Å². The van der Waals surface area contributed by atoms with Crippen LogP contribution in [0, 0.1) is 0 Å². The van der Waals surface area contributed by atoms with Crippen LogP contribution in [0.15, 0.2) is 43.0 Å². The van der Waals surface area contributed by atoms with Crippen LogP contribution in [0.3, 0.4) is 0 Å². The molecule has 0 saturated heterocycles. The SMILES string of the molecule is C=C[C@H](CCOCc1ccccc1)OC(=O)O. The number of hydrogen-bond donors (Lipinski definition) is 1. The average Bonchev–Trinajstić information content (AvgIpc) is 2.34. The Labute approximate surface area is 100 Å². The fourth-order valence-corrected chi connectivity index (χ4v) is 1.32. The lowest BCUT2D eigenvalue weighted by atomic mass is 10.2. The largest absolute Gasteiger partial charge is 0.506 e. The minimum Gasteiger partial charge on any atom is -0.450 e. The van der Waals surface area contributed by atoms with Crippen LogP contribution >= 0.6 is 0 Å². The van der Waals surface area contributed by atoms with Gasteiger partial charge in [0.2, 0.25) is 0 Å². The average molecular weight is 236 g/mol. The highest BCUT2D eigenvalue weighted by Crippen LogP contribution is 2.04. The molecule has 1 atom stereocenters. The first-order chi connectivity index (χ1) is 8.22. The Balaban J connectivity index is 2.19. The summed E-state index contributed by atoms with van der Waals surface area (Å²) in [6.07, 6.45) is 0.129. The van der Waals surface area contributed by atoms with Crippen molar-refractivity contribution >= 4 is 6.16 Å². The van der Waals surface area contributed by atoms with E-state index >= 15 is 0 Å². The summed E-state index contributed by atoms with van der Waals surface area (Å²) in [5.41, 5.74) is 1.09. The summed E-state index contributed by atoms with van der Waals surface area (Å²) in [5.74, 6) is 0. The first kappa shape index (κ1) is 13.3. The van der Waals surface area contributed by atoms with Gasteiger partial charge >= 0.3 is 6.16 Å². The molecule has 0 bridgehead atoms. The molecule has 0 saturated carbocycles. The van der Waals surface area contributed by atoms with Crippen LogP contribution in [0.25, 0.3) is 0 Å². The summed E-state index contributed by atoms with van der Waals surface area (Å²) < 4.78 is 9.98. The number of ether oxygens (including phenoxy) is 2. The molecule has 4 heteroatoms. The lowest BCUT2D eigenvalue weighted by molar-refractivity contribution is 0.0445. The van der Waals surface area contributed by atoms with E-state index in [-0.39, 0.29) is 0 Å². The van der Waals surface area contributed by atoms with E-state index in [4.69, 9.17) is 9.84 Å². The molecule has 0 aliphatic heterocycles. The van der Waals surface area contributed by atoms with Gasteiger partial charge in [0.05, 0.1) is 13.2 Å². The maximum atomic E-state index is 10.3. The summed E-state index contributed by atoms with van der Waals surface area (Å²) in [6.45, 7) is 4.45. The minimum atomic E-state index is -1.29. The van der Waals surface area contributed by atoms with E-state index < -0.39 is 12.3 Å². The molecule has 1 aromatic rings. The normalized spacial score (nSPS) is 11.8. The topological polar surface area (TPSA) is 55.8 Å². The third kappa shape index (κ3) is 5.73. The Morgan fingerprint density at radius 1 is 1.41 bits per heavy atom. The van der Waals surface area contributed by atoms with Crippen molar-refractivity contribution in [2.45, 2.75) is 19.1 Å². The van der Waals surface area contributed by atoms with Crippen LogP contribution in [0.4, 0.5) is 4.79 Å². The van der Waals surface area contributed by atoms with E-state index in [9.17, 15) is 4.79 Å². The first-order valence-corrected chi connectivity index (χ1v) is 5.36. The molecule has 1 N–H and O–H groups in total. The lowest BCUT2D eigenvalue weighted by Gasteiger charge is -2.11. The first-order valence-electron chi connectivity index (χ1n) is 5.36. The molecule has 17 heavy (non-hydrogen) atoms. The van der Waals surface area contributed by atoms with Crippen LogP contribution in [-0.2, 0) is 16.1 Å². The van der Waals surface area contributed by atoms with Crippen molar-refractivity contribution < 1.29 is 19.4 Å². The molecule has 0 aliphatic carbocycles. The third-order valence-corrected chi connectivity index (χ3v) is 2.17. The van der Waals surface area contributed by atoms with Crippen LogP contribution in [0.2, 0.25) is 0 Å². The zero-order valence-corrected chi connectivity index (χ0v) is 9.54. The van der Waals surface area contributed by atoms with Crippen molar-refractivity contribution in [3.63, 3.8) is 0 Å². The summed E-state index contributed by atoms with van der Waals surface area (Å²) in [7, 11) is 0. The smallest absolute Gasteiger partial charge is 0.450 e. The van der Waals surface area contributed by atoms with E-state index in [1.54, 1.807) is 0 Å².